The molecule has 0 atom stereocenters. The summed E-state index contributed by atoms with van der Waals surface area (Å²) in [4.78, 5) is 18.3. The molecule has 4 heterocycles. The molecule has 0 radical (unpaired) electrons. The van der Waals surface area contributed by atoms with Gasteiger partial charge in [0.15, 0.2) is 5.65 Å². The van der Waals surface area contributed by atoms with E-state index in [-0.39, 0.29) is 42.3 Å². The van der Waals surface area contributed by atoms with Gasteiger partial charge in [0.05, 0.1) is 17.4 Å². The van der Waals surface area contributed by atoms with E-state index in [1.54, 1.807) is 17.0 Å². The van der Waals surface area contributed by atoms with Crippen molar-refractivity contribution in [3.05, 3.63) is 71.5 Å². The van der Waals surface area contributed by atoms with E-state index in [1.807, 2.05) is 24.3 Å². The van der Waals surface area contributed by atoms with Crippen molar-refractivity contribution >= 4 is 28.0 Å². The van der Waals surface area contributed by atoms with E-state index in [4.69, 9.17) is 14.9 Å². The number of aliphatic hydroxyl groups is 2. The van der Waals surface area contributed by atoms with Crippen molar-refractivity contribution in [3.8, 4) is 5.88 Å². The quantitative estimate of drug-likeness (QED) is 0.246. The average molecular weight is 489 g/mol. The van der Waals surface area contributed by atoms with Gasteiger partial charge in [0.2, 0.25) is 11.7 Å². The number of likely N-dealkylation sites (tertiary alicyclic amines) is 1. The molecule has 3 N–H and O–H groups in total. The molecule has 5 rings (SSSR count). The van der Waals surface area contributed by atoms with Gasteiger partial charge in [-0.2, -0.15) is 4.52 Å². The number of rotatable bonds is 8. The number of benzene rings is 1. The summed E-state index contributed by atoms with van der Waals surface area (Å²) >= 11 is 0. The van der Waals surface area contributed by atoms with Gasteiger partial charge in [0.25, 0.3) is 5.91 Å². The lowest BCUT2D eigenvalue weighted by molar-refractivity contribution is 0.00586. The zero-order valence-electron chi connectivity index (χ0n) is 19.3. The van der Waals surface area contributed by atoms with Crippen molar-refractivity contribution in [1.82, 2.24) is 29.7 Å². The van der Waals surface area contributed by atoms with Gasteiger partial charge in [-0.3, -0.25) is 15.2 Å². The van der Waals surface area contributed by atoms with Crippen LogP contribution in [0, 0.1) is 5.41 Å². The van der Waals surface area contributed by atoms with E-state index in [0.717, 1.165) is 5.39 Å². The monoisotopic (exact) mass is 489 g/mol. The maximum absolute atomic E-state index is 12.4. The predicted molar refractivity (Wildman–Crippen MR) is 128 cm³/mol. The molecule has 4 aromatic rings. The highest BCUT2D eigenvalue weighted by molar-refractivity contribution is 6.05. The van der Waals surface area contributed by atoms with Crippen molar-refractivity contribution in [2.75, 3.05) is 26.8 Å². The fraction of sp³-hybridized carbons (Fsp3) is 0.250. The molecule has 3 aromatic heterocycles. The van der Waals surface area contributed by atoms with Crippen LogP contribution in [-0.2, 0) is 11.3 Å². The summed E-state index contributed by atoms with van der Waals surface area (Å²) in [6, 6.07) is 10.8. The molecule has 1 aliphatic heterocycles. The molecule has 1 fully saturated rings. The summed E-state index contributed by atoms with van der Waals surface area (Å²) in [5.74, 6) is 0.107. The number of aliphatic hydroxyl groups excluding tert-OH is 2. The first-order valence-electron chi connectivity index (χ1n) is 11.1. The maximum Gasteiger partial charge on any atom is 0.255 e. The standard InChI is InChI=1S/C24H23N7O5/c1-35-13-16(32)8-20(25)22-28-27-21-18-4-2-3-5-19(18)23(29-31(21)22)36-12-15-7-6-14(9-26-15)24(34)30-10-17(33)11-30/h2-9,17,25,32-33H,10-13H2,1H3/b16-8-,25-20?. The number of carbonyl (C=O) groups is 1. The Kier molecular flexibility index (Phi) is 6.27. The fourth-order valence-electron chi connectivity index (χ4n) is 3.83. The second kappa shape index (κ2) is 9.68. The number of hydrogen-bond donors (Lipinski definition) is 3. The number of nitrogens with zero attached hydrogens (tertiary/aromatic N) is 6. The summed E-state index contributed by atoms with van der Waals surface area (Å²) in [6.07, 6.45) is 2.25. The van der Waals surface area contributed by atoms with Crippen LogP contribution in [0.3, 0.4) is 0 Å². The molecular formula is C24H23N7O5. The SMILES string of the molecule is COC/C(O)=C/C(=N)c1nnc2c3ccccc3c(OCc3ccc(C(=O)N4CC(O)C4)cn3)nn12. The zero-order valence-corrected chi connectivity index (χ0v) is 19.3. The first-order valence-corrected chi connectivity index (χ1v) is 11.1. The van der Waals surface area contributed by atoms with Crippen molar-refractivity contribution in [3.63, 3.8) is 0 Å². The molecule has 36 heavy (non-hydrogen) atoms. The Bertz CT molecular complexity index is 1480. The van der Waals surface area contributed by atoms with Crippen LogP contribution in [0.2, 0.25) is 0 Å². The molecule has 0 saturated carbocycles. The van der Waals surface area contributed by atoms with Gasteiger partial charge in [0, 0.05) is 43.2 Å². The van der Waals surface area contributed by atoms with Crippen LogP contribution in [-0.4, -0.2) is 84.4 Å². The summed E-state index contributed by atoms with van der Waals surface area (Å²) in [5, 5.41) is 41.8. The molecule has 1 amide bonds. The number of aromatic nitrogens is 5. The van der Waals surface area contributed by atoms with E-state index >= 15 is 0 Å². The first-order chi connectivity index (χ1) is 17.4. The number of carbonyl (C=O) groups excluding carboxylic acids is 1. The minimum atomic E-state index is -0.462. The van der Waals surface area contributed by atoms with Crippen LogP contribution < -0.4 is 4.74 Å². The molecular weight excluding hydrogens is 466 g/mol. The highest BCUT2D eigenvalue weighted by Gasteiger charge is 2.29. The van der Waals surface area contributed by atoms with E-state index in [0.29, 0.717) is 35.4 Å². The van der Waals surface area contributed by atoms with Crippen molar-refractivity contribution < 1.29 is 24.5 Å². The molecule has 0 bridgehead atoms. The van der Waals surface area contributed by atoms with Gasteiger partial charge < -0.3 is 24.6 Å². The van der Waals surface area contributed by atoms with E-state index in [9.17, 15) is 15.0 Å². The smallest absolute Gasteiger partial charge is 0.255 e. The topological polar surface area (TPSA) is 159 Å². The maximum atomic E-state index is 12.4. The third kappa shape index (κ3) is 4.46. The number of β-amino-alcohol motifs (C(OH)–C–C–N with tert-alkyl or cyclic N) is 1. The third-order valence-electron chi connectivity index (χ3n) is 5.65. The summed E-state index contributed by atoms with van der Waals surface area (Å²) in [6.45, 7) is 0.703. The molecule has 0 spiro atoms. The molecule has 12 heteroatoms. The number of methoxy groups -OCH3 is 1. The molecule has 1 aliphatic rings. The predicted octanol–water partition coefficient (Wildman–Crippen LogP) is 1.52. The number of fused-ring (bicyclic) bond motifs is 3. The molecule has 1 saturated heterocycles. The Hall–Kier alpha value is -4.42. The van der Waals surface area contributed by atoms with Gasteiger partial charge >= 0.3 is 0 Å². The van der Waals surface area contributed by atoms with Crippen LogP contribution in [0.4, 0.5) is 0 Å². The van der Waals surface area contributed by atoms with Crippen LogP contribution in [0.5, 0.6) is 5.88 Å². The van der Waals surface area contributed by atoms with Gasteiger partial charge in [-0.15, -0.1) is 15.3 Å². The van der Waals surface area contributed by atoms with Crippen LogP contribution in [0.25, 0.3) is 16.4 Å². The fourth-order valence-corrected chi connectivity index (χ4v) is 3.83. The molecule has 184 valence electrons. The lowest BCUT2D eigenvalue weighted by atomic mass is 10.1. The Balaban J connectivity index is 1.41. The Morgan fingerprint density at radius 2 is 1.97 bits per heavy atom. The second-order valence-corrected chi connectivity index (χ2v) is 8.28. The molecule has 0 aliphatic carbocycles. The lowest BCUT2D eigenvalue weighted by Gasteiger charge is -2.35. The highest BCUT2D eigenvalue weighted by atomic mass is 16.5. The van der Waals surface area contributed by atoms with Gasteiger partial charge in [-0.05, 0) is 18.2 Å². The zero-order chi connectivity index (χ0) is 25.2. The number of pyridine rings is 1. The molecule has 1 aromatic carbocycles. The minimum absolute atomic E-state index is 0.0405. The number of ether oxygens (including phenoxy) is 2. The Morgan fingerprint density at radius 3 is 2.67 bits per heavy atom. The molecule has 0 unspecified atom stereocenters. The number of allylic oxidation sites excluding steroid dienone is 1. The minimum Gasteiger partial charge on any atom is -0.510 e. The third-order valence-corrected chi connectivity index (χ3v) is 5.65. The number of hydrogen-bond acceptors (Lipinski definition) is 10. The summed E-state index contributed by atoms with van der Waals surface area (Å²) in [7, 11) is 1.44. The number of nitrogens with one attached hydrogen (secondary N) is 1. The summed E-state index contributed by atoms with van der Waals surface area (Å²) < 4.78 is 12.3. The van der Waals surface area contributed by atoms with Gasteiger partial charge in [-0.1, -0.05) is 18.2 Å². The highest BCUT2D eigenvalue weighted by Crippen LogP contribution is 2.27. The number of amides is 1. The van der Waals surface area contributed by atoms with E-state index in [1.165, 1.54) is 23.9 Å². The Labute approximate surface area is 204 Å². The van der Waals surface area contributed by atoms with Crippen LogP contribution in [0.15, 0.2) is 54.4 Å². The van der Waals surface area contributed by atoms with Crippen molar-refractivity contribution in [2.24, 2.45) is 0 Å². The van der Waals surface area contributed by atoms with Crippen molar-refractivity contribution in [1.29, 1.82) is 5.41 Å². The van der Waals surface area contributed by atoms with Gasteiger partial charge in [0.1, 0.15) is 24.7 Å². The normalized spacial score (nSPS) is 14.3. The first kappa shape index (κ1) is 23.3. The van der Waals surface area contributed by atoms with Crippen molar-refractivity contribution in [2.45, 2.75) is 12.7 Å². The van der Waals surface area contributed by atoms with Crippen LogP contribution >= 0.6 is 0 Å². The van der Waals surface area contributed by atoms with Gasteiger partial charge in [-0.25, -0.2) is 0 Å². The molecule has 12 nitrogen and oxygen atoms in total. The second-order valence-electron chi connectivity index (χ2n) is 8.28. The largest absolute Gasteiger partial charge is 0.510 e. The van der Waals surface area contributed by atoms with Crippen LogP contribution in [0.1, 0.15) is 21.9 Å². The lowest BCUT2D eigenvalue weighted by Crippen LogP contribution is -2.53. The average Bonchev–Trinajstić information content (AvgIpc) is 3.30. The summed E-state index contributed by atoms with van der Waals surface area (Å²) in [5.41, 5.74) is 1.37. The van der Waals surface area contributed by atoms with E-state index < -0.39 is 6.10 Å². The van der Waals surface area contributed by atoms with E-state index in [2.05, 4.69) is 20.3 Å². The Morgan fingerprint density at radius 1 is 1.19 bits per heavy atom.